The van der Waals surface area contributed by atoms with Crippen molar-refractivity contribution < 1.29 is 19.5 Å². The van der Waals surface area contributed by atoms with Gasteiger partial charge in [-0.15, -0.1) is 0 Å². The summed E-state index contributed by atoms with van der Waals surface area (Å²) in [5, 5.41) is 10.7. The Morgan fingerprint density at radius 2 is 1.74 bits per heavy atom. The van der Waals surface area contributed by atoms with Gasteiger partial charge in [0.15, 0.2) is 0 Å². The Morgan fingerprint density at radius 1 is 1.26 bits per heavy atom. The lowest BCUT2D eigenvalue weighted by molar-refractivity contribution is -0.00909. The van der Waals surface area contributed by atoms with E-state index in [0.29, 0.717) is 11.4 Å². The van der Waals surface area contributed by atoms with Gasteiger partial charge in [-0.05, 0) is 25.5 Å². The average Bonchev–Trinajstić information content (AvgIpc) is 2.64. The van der Waals surface area contributed by atoms with E-state index in [1.807, 2.05) is 0 Å². The van der Waals surface area contributed by atoms with Crippen molar-refractivity contribution in [3.63, 3.8) is 0 Å². The van der Waals surface area contributed by atoms with Crippen molar-refractivity contribution in [1.29, 1.82) is 0 Å². The van der Waals surface area contributed by atoms with Crippen LogP contribution in [0, 0.1) is 0 Å². The predicted molar refractivity (Wildman–Crippen MR) is 66.6 cm³/mol. The lowest BCUT2D eigenvalue weighted by Gasteiger charge is -2.31. The van der Waals surface area contributed by atoms with Crippen LogP contribution in [0.1, 0.15) is 41.0 Å². The Hall–Kier alpha value is -2.37. The highest BCUT2D eigenvalue weighted by Gasteiger charge is 2.42. The molecule has 3 amide bonds. The van der Waals surface area contributed by atoms with Gasteiger partial charge in [0.05, 0.1) is 17.2 Å². The van der Waals surface area contributed by atoms with Gasteiger partial charge < -0.3 is 5.11 Å². The molecule has 2 rings (SSSR count). The highest BCUT2D eigenvalue weighted by Crippen LogP contribution is 2.25. The van der Waals surface area contributed by atoms with Crippen LogP contribution in [0.5, 0.6) is 0 Å². The van der Waals surface area contributed by atoms with Crippen molar-refractivity contribution in [2.75, 3.05) is 0 Å². The number of carbonyl (C=O) groups excluding carboxylic acids is 2. The highest BCUT2D eigenvalue weighted by atomic mass is 16.4. The second-order valence-electron chi connectivity index (χ2n) is 4.35. The Bertz CT molecular complexity index is 520. The van der Waals surface area contributed by atoms with Crippen LogP contribution in [0.2, 0.25) is 0 Å². The van der Waals surface area contributed by atoms with Crippen LogP contribution in [0.15, 0.2) is 24.3 Å². The predicted octanol–water partition coefficient (Wildman–Crippen LogP) is 1.98. The molecule has 1 heterocycles. The fourth-order valence-electron chi connectivity index (χ4n) is 2.02. The van der Waals surface area contributed by atoms with Crippen LogP contribution < -0.4 is 0 Å². The van der Waals surface area contributed by atoms with Gasteiger partial charge in [-0.2, -0.15) is 5.01 Å². The number of nitrogens with zero attached hydrogens (tertiary/aromatic N) is 2. The number of imide groups is 1. The van der Waals surface area contributed by atoms with Crippen molar-refractivity contribution in [3.8, 4) is 0 Å². The first kappa shape index (κ1) is 13.1. The van der Waals surface area contributed by atoms with E-state index in [2.05, 4.69) is 0 Å². The first-order valence-electron chi connectivity index (χ1n) is 5.99. The molecule has 6 nitrogen and oxygen atoms in total. The molecule has 0 saturated carbocycles. The number of hydrogen-bond donors (Lipinski definition) is 1. The molecular weight excluding hydrogens is 248 g/mol. The molecule has 100 valence electrons. The molecule has 1 aliphatic rings. The third kappa shape index (κ3) is 1.95. The number of rotatable bonds is 3. The van der Waals surface area contributed by atoms with E-state index in [4.69, 9.17) is 0 Å². The maximum atomic E-state index is 12.2. The fraction of sp³-hybridized carbons (Fsp3) is 0.308. The molecule has 0 spiro atoms. The number of amides is 3. The number of fused-ring (bicyclic) bond motifs is 1. The van der Waals surface area contributed by atoms with Crippen molar-refractivity contribution in [1.82, 2.24) is 10.0 Å². The first-order chi connectivity index (χ1) is 8.99. The van der Waals surface area contributed by atoms with E-state index < -0.39 is 23.9 Å². The van der Waals surface area contributed by atoms with Crippen LogP contribution in [-0.4, -0.2) is 39.1 Å². The molecule has 1 aliphatic heterocycles. The zero-order chi connectivity index (χ0) is 14.2. The normalized spacial score (nSPS) is 15.4. The summed E-state index contributed by atoms with van der Waals surface area (Å²) in [6, 6.07) is 5.86. The zero-order valence-electron chi connectivity index (χ0n) is 10.7. The van der Waals surface area contributed by atoms with Gasteiger partial charge in [-0.3, -0.25) is 9.59 Å². The molecule has 0 aromatic heterocycles. The summed E-state index contributed by atoms with van der Waals surface area (Å²) in [5.41, 5.74) is 0.476. The van der Waals surface area contributed by atoms with Gasteiger partial charge in [0.25, 0.3) is 11.8 Å². The summed E-state index contributed by atoms with van der Waals surface area (Å²) in [6.45, 7) is 3.44. The second kappa shape index (κ2) is 4.72. The largest absolute Gasteiger partial charge is 0.464 e. The minimum absolute atomic E-state index is 0.238. The maximum absolute atomic E-state index is 12.2. The van der Waals surface area contributed by atoms with Crippen LogP contribution in [0.4, 0.5) is 4.79 Å². The molecule has 6 heteroatoms. The Kier molecular flexibility index (Phi) is 3.25. The number of carboxylic acid groups (broad SMARTS) is 1. The molecule has 0 radical (unpaired) electrons. The van der Waals surface area contributed by atoms with Crippen LogP contribution in [-0.2, 0) is 0 Å². The van der Waals surface area contributed by atoms with E-state index >= 15 is 0 Å². The molecule has 1 unspecified atom stereocenters. The van der Waals surface area contributed by atoms with Gasteiger partial charge in [0, 0.05) is 0 Å². The van der Waals surface area contributed by atoms with Crippen molar-refractivity contribution in [3.05, 3.63) is 35.4 Å². The molecule has 0 fully saturated rings. The number of hydrogen-bond acceptors (Lipinski definition) is 3. The maximum Gasteiger partial charge on any atom is 0.427 e. The van der Waals surface area contributed by atoms with E-state index in [9.17, 15) is 19.5 Å². The van der Waals surface area contributed by atoms with Crippen LogP contribution in [0.3, 0.4) is 0 Å². The monoisotopic (exact) mass is 262 g/mol. The number of hydrazine groups is 1. The van der Waals surface area contributed by atoms with E-state index in [1.54, 1.807) is 26.0 Å². The molecule has 0 aliphatic carbocycles. The van der Waals surface area contributed by atoms with Crippen LogP contribution >= 0.6 is 0 Å². The standard InChI is InChI=1S/C13H14N2O4/c1-3-8(2)14(13(18)19)15-11(16)9-6-4-5-7-10(9)12(15)17/h4-8H,3H2,1-2H3,(H,18,19). The van der Waals surface area contributed by atoms with Crippen LogP contribution in [0.25, 0.3) is 0 Å². The Morgan fingerprint density at radius 3 is 2.11 bits per heavy atom. The second-order valence-corrected chi connectivity index (χ2v) is 4.35. The van der Waals surface area contributed by atoms with Crippen molar-refractivity contribution >= 4 is 17.9 Å². The molecule has 19 heavy (non-hydrogen) atoms. The summed E-state index contributed by atoms with van der Waals surface area (Å²) in [6.07, 6.45) is -0.816. The summed E-state index contributed by atoms with van der Waals surface area (Å²) in [7, 11) is 0. The van der Waals surface area contributed by atoms with Crippen molar-refractivity contribution in [2.24, 2.45) is 0 Å². The summed E-state index contributed by atoms with van der Waals surface area (Å²) >= 11 is 0. The van der Waals surface area contributed by atoms with Gasteiger partial charge in [0.1, 0.15) is 0 Å². The molecular formula is C13H14N2O4. The van der Waals surface area contributed by atoms with Gasteiger partial charge >= 0.3 is 6.09 Å². The number of carbonyl (C=O) groups is 3. The van der Waals surface area contributed by atoms with Gasteiger partial charge in [-0.25, -0.2) is 9.80 Å². The van der Waals surface area contributed by atoms with E-state index in [1.165, 1.54) is 12.1 Å². The van der Waals surface area contributed by atoms with Gasteiger partial charge in [-0.1, -0.05) is 19.1 Å². The van der Waals surface area contributed by atoms with Gasteiger partial charge in [0.2, 0.25) is 0 Å². The fourth-order valence-corrected chi connectivity index (χ4v) is 2.02. The van der Waals surface area contributed by atoms with E-state index in [0.717, 1.165) is 5.01 Å². The summed E-state index contributed by atoms with van der Waals surface area (Å²) < 4.78 is 0. The topological polar surface area (TPSA) is 77.9 Å². The molecule has 1 N–H and O–H groups in total. The average molecular weight is 262 g/mol. The summed E-state index contributed by atoms with van der Waals surface area (Å²) in [4.78, 5) is 35.7. The minimum atomic E-state index is -1.32. The smallest absolute Gasteiger partial charge is 0.427 e. The molecule has 1 aromatic rings. The Labute approximate surface area is 110 Å². The SMILES string of the molecule is CCC(C)N(C(=O)O)N1C(=O)c2ccccc2C1=O. The summed E-state index contributed by atoms with van der Waals surface area (Å²) in [5.74, 6) is -1.19. The molecule has 0 bridgehead atoms. The third-order valence-electron chi connectivity index (χ3n) is 3.19. The molecule has 0 saturated heterocycles. The highest BCUT2D eigenvalue weighted by molar-refractivity contribution is 6.21. The lowest BCUT2D eigenvalue weighted by atomic mass is 10.1. The van der Waals surface area contributed by atoms with Crippen molar-refractivity contribution in [2.45, 2.75) is 26.3 Å². The first-order valence-corrected chi connectivity index (χ1v) is 5.99. The quantitative estimate of drug-likeness (QED) is 0.845. The zero-order valence-corrected chi connectivity index (χ0v) is 10.7. The lowest BCUT2D eigenvalue weighted by Crippen LogP contribution is -2.53. The Balaban J connectivity index is 2.45. The molecule has 1 atom stereocenters. The number of benzene rings is 1. The molecule has 1 aromatic carbocycles. The third-order valence-corrected chi connectivity index (χ3v) is 3.19. The van der Waals surface area contributed by atoms with E-state index in [-0.39, 0.29) is 11.1 Å². The minimum Gasteiger partial charge on any atom is -0.464 e.